The summed E-state index contributed by atoms with van der Waals surface area (Å²) in [6, 6.07) is 13.3. The van der Waals surface area contributed by atoms with E-state index >= 15 is 0 Å². The van der Waals surface area contributed by atoms with E-state index in [1.807, 2.05) is 58.0 Å². The van der Waals surface area contributed by atoms with Crippen LogP contribution >= 0.6 is 0 Å². The summed E-state index contributed by atoms with van der Waals surface area (Å²) >= 11 is 0. The molecule has 1 atom stereocenters. The predicted octanol–water partition coefficient (Wildman–Crippen LogP) is 3.65. The van der Waals surface area contributed by atoms with Gasteiger partial charge in [0.25, 0.3) is 0 Å². The maximum absolute atomic E-state index is 12.7. The quantitative estimate of drug-likeness (QED) is 0.787. The van der Waals surface area contributed by atoms with Crippen molar-refractivity contribution in [2.24, 2.45) is 0 Å². The fourth-order valence-electron chi connectivity index (χ4n) is 2.98. The summed E-state index contributed by atoms with van der Waals surface area (Å²) in [6.45, 7) is 7.54. The minimum atomic E-state index is -3.59. The van der Waals surface area contributed by atoms with E-state index in [0.29, 0.717) is 5.69 Å². The molecule has 5 nitrogen and oxygen atoms in total. The Labute approximate surface area is 162 Å². The molecular weight excluding hydrogens is 360 g/mol. The molecule has 1 unspecified atom stereocenters. The fraction of sp³-hybridized carbons (Fsp3) is 0.381. The Hall–Kier alpha value is -2.34. The highest BCUT2D eigenvalue weighted by Crippen LogP contribution is 2.25. The zero-order chi connectivity index (χ0) is 20.2. The molecule has 2 aromatic rings. The number of benzene rings is 2. The van der Waals surface area contributed by atoms with Gasteiger partial charge in [0, 0.05) is 0 Å². The van der Waals surface area contributed by atoms with Crippen LogP contribution < -0.4 is 9.62 Å². The highest BCUT2D eigenvalue weighted by molar-refractivity contribution is 7.92. The molecule has 0 aliphatic carbocycles. The van der Waals surface area contributed by atoms with E-state index in [1.54, 1.807) is 12.1 Å². The van der Waals surface area contributed by atoms with Gasteiger partial charge in [-0.3, -0.25) is 9.10 Å². The van der Waals surface area contributed by atoms with Gasteiger partial charge in [-0.25, -0.2) is 8.42 Å². The number of sulfonamides is 1. The SMILES string of the molecule is CCC(NC(=O)CN(c1cccc(C)c1C)S(C)(=O)=O)c1ccc(C)cc1. The van der Waals surface area contributed by atoms with Crippen molar-refractivity contribution in [2.75, 3.05) is 17.1 Å². The Bertz CT molecular complexity index is 906. The standard InChI is InChI=1S/C21H28N2O3S/c1-6-19(18-12-10-15(2)11-13-18)22-21(24)14-23(27(5,25)26)20-9-7-8-16(3)17(20)4/h7-13,19H,6,14H2,1-5H3,(H,22,24). The first kappa shape index (κ1) is 21.0. The molecule has 0 radical (unpaired) electrons. The predicted molar refractivity (Wildman–Crippen MR) is 110 cm³/mol. The lowest BCUT2D eigenvalue weighted by molar-refractivity contribution is -0.120. The zero-order valence-electron chi connectivity index (χ0n) is 16.6. The van der Waals surface area contributed by atoms with E-state index in [0.717, 1.165) is 34.9 Å². The molecule has 0 fully saturated rings. The van der Waals surface area contributed by atoms with Crippen molar-refractivity contribution >= 4 is 21.6 Å². The second-order valence-electron chi connectivity index (χ2n) is 6.93. The van der Waals surface area contributed by atoms with Crippen molar-refractivity contribution in [3.8, 4) is 0 Å². The van der Waals surface area contributed by atoms with Crippen LogP contribution in [0.5, 0.6) is 0 Å². The van der Waals surface area contributed by atoms with Gasteiger partial charge in [0.05, 0.1) is 18.0 Å². The molecule has 2 rings (SSSR count). The summed E-state index contributed by atoms with van der Waals surface area (Å²) in [5.74, 6) is -0.325. The third kappa shape index (κ3) is 5.32. The second kappa shape index (κ2) is 8.57. The molecule has 1 N–H and O–H groups in total. The number of amides is 1. The van der Waals surface area contributed by atoms with Crippen molar-refractivity contribution in [1.29, 1.82) is 0 Å². The van der Waals surface area contributed by atoms with Crippen molar-refractivity contribution < 1.29 is 13.2 Å². The van der Waals surface area contributed by atoms with Gasteiger partial charge in [0.1, 0.15) is 6.54 Å². The molecule has 0 saturated heterocycles. The Morgan fingerprint density at radius 3 is 2.26 bits per heavy atom. The fourth-order valence-corrected chi connectivity index (χ4v) is 3.88. The average molecular weight is 389 g/mol. The molecule has 0 heterocycles. The number of nitrogens with zero attached hydrogens (tertiary/aromatic N) is 1. The number of anilines is 1. The highest BCUT2D eigenvalue weighted by Gasteiger charge is 2.24. The van der Waals surface area contributed by atoms with Crippen molar-refractivity contribution in [3.05, 3.63) is 64.7 Å². The molecule has 6 heteroatoms. The van der Waals surface area contributed by atoms with E-state index < -0.39 is 10.0 Å². The highest BCUT2D eigenvalue weighted by atomic mass is 32.2. The Kier molecular flexibility index (Phi) is 6.65. The molecule has 0 saturated carbocycles. The first-order valence-electron chi connectivity index (χ1n) is 9.03. The van der Waals surface area contributed by atoms with Crippen LogP contribution in [0.2, 0.25) is 0 Å². The van der Waals surface area contributed by atoms with Gasteiger partial charge < -0.3 is 5.32 Å². The zero-order valence-corrected chi connectivity index (χ0v) is 17.4. The lowest BCUT2D eigenvalue weighted by Crippen LogP contribution is -2.41. The van der Waals surface area contributed by atoms with Crippen LogP contribution in [0.4, 0.5) is 5.69 Å². The Morgan fingerprint density at radius 2 is 1.70 bits per heavy atom. The topological polar surface area (TPSA) is 66.5 Å². The van der Waals surface area contributed by atoms with E-state index in [2.05, 4.69) is 5.32 Å². The third-order valence-electron chi connectivity index (χ3n) is 4.76. The largest absolute Gasteiger partial charge is 0.348 e. The maximum atomic E-state index is 12.7. The normalized spacial score (nSPS) is 12.5. The van der Waals surface area contributed by atoms with Crippen LogP contribution in [0.1, 0.15) is 41.6 Å². The maximum Gasteiger partial charge on any atom is 0.241 e. The van der Waals surface area contributed by atoms with E-state index in [-0.39, 0.29) is 18.5 Å². The minimum Gasteiger partial charge on any atom is -0.348 e. The Morgan fingerprint density at radius 1 is 1.07 bits per heavy atom. The summed E-state index contributed by atoms with van der Waals surface area (Å²) in [5, 5.41) is 2.96. The molecule has 2 aromatic carbocycles. The van der Waals surface area contributed by atoms with Gasteiger partial charge in [-0.2, -0.15) is 0 Å². The van der Waals surface area contributed by atoms with Crippen LogP contribution in [0, 0.1) is 20.8 Å². The minimum absolute atomic E-state index is 0.155. The number of rotatable bonds is 7. The molecular formula is C21H28N2O3S. The number of nitrogens with one attached hydrogen (secondary N) is 1. The van der Waals surface area contributed by atoms with Crippen LogP contribution in [-0.2, 0) is 14.8 Å². The van der Waals surface area contributed by atoms with E-state index in [1.165, 1.54) is 4.31 Å². The van der Waals surface area contributed by atoms with Crippen LogP contribution in [0.25, 0.3) is 0 Å². The number of hydrogen-bond acceptors (Lipinski definition) is 3. The summed E-state index contributed by atoms with van der Waals surface area (Å²) < 4.78 is 25.9. The van der Waals surface area contributed by atoms with Crippen molar-refractivity contribution in [2.45, 2.75) is 40.2 Å². The second-order valence-corrected chi connectivity index (χ2v) is 8.83. The summed E-state index contributed by atoms with van der Waals surface area (Å²) in [4.78, 5) is 12.7. The summed E-state index contributed by atoms with van der Waals surface area (Å²) in [5.41, 5.74) is 4.53. The first-order chi connectivity index (χ1) is 12.6. The summed E-state index contributed by atoms with van der Waals surface area (Å²) in [7, 11) is -3.59. The number of hydrogen-bond donors (Lipinski definition) is 1. The first-order valence-corrected chi connectivity index (χ1v) is 10.9. The van der Waals surface area contributed by atoms with Crippen molar-refractivity contribution in [1.82, 2.24) is 5.32 Å². The van der Waals surface area contributed by atoms with Crippen molar-refractivity contribution in [3.63, 3.8) is 0 Å². The lowest BCUT2D eigenvalue weighted by atomic mass is 10.0. The van der Waals surface area contributed by atoms with Gasteiger partial charge in [-0.15, -0.1) is 0 Å². The van der Waals surface area contributed by atoms with E-state index in [4.69, 9.17) is 0 Å². The molecule has 1 amide bonds. The molecule has 146 valence electrons. The number of aryl methyl sites for hydroxylation is 2. The van der Waals surface area contributed by atoms with Gasteiger partial charge in [0.2, 0.25) is 15.9 Å². The van der Waals surface area contributed by atoms with Gasteiger partial charge in [0.15, 0.2) is 0 Å². The van der Waals surface area contributed by atoms with Gasteiger partial charge >= 0.3 is 0 Å². The summed E-state index contributed by atoms with van der Waals surface area (Å²) in [6.07, 6.45) is 1.84. The molecule has 0 aliphatic rings. The van der Waals surface area contributed by atoms with Crippen LogP contribution in [0.3, 0.4) is 0 Å². The molecule has 27 heavy (non-hydrogen) atoms. The molecule has 0 bridgehead atoms. The average Bonchev–Trinajstić information content (AvgIpc) is 2.60. The smallest absolute Gasteiger partial charge is 0.241 e. The number of carbonyl (C=O) groups excluding carboxylic acids is 1. The van der Waals surface area contributed by atoms with Crippen LogP contribution in [-0.4, -0.2) is 27.1 Å². The lowest BCUT2D eigenvalue weighted by Gasteiger charge is -2.26. The molecule has 0 aliphatic heterocycles. The third-order valence-corrected chi connectivity index (χ3v) is 5.88. The Balaban J connectivity index is 2.23. The van der Waals surface area contributed by atoms with Gasteiger partial charge in [-0.1, -0.05) is 48.9 Å². The van der Waals surface area contributed by atoms with Crippen LogP contribution in [0.15, 0.2) is 42.5 Å². The monoisotopic (exact) mass is 388 g/mol. The molecule has 0 aromatic heterocycles. The van der Waals surface area contributed by atoms with E-state index in [9.17, 15) is 13.2 Å². The van der Waals surface area contributed by atoms with Gasteiger partial charge in [-0.05, 0) is 49.9 Å². The molecule has 0 spiro atoms. The number of carbonyl (C=O) groups is 1.